The number of nitrogens with one attached hydrogen (secondary N) is 1. The Hall–Kier alpha value is -2.05. The normalized spacial score (nSPS) is 11.6. The zero-order valence-electron chi connectivity index (χ0n) is 15.5. The Morgan fingerprint density at radius 3 is 2.59 bits per heavy atom. The lowest BCUT2D eigenvalue weighted by Gasteiger charge is -2.29. The second kappa shape index (κ2) is 9.76. The second-order valence-corrected chi connectivity index (χ2v) is 7.39. The summed E-state index contributed by atoms with van der Waals surface area (Å²) in [5.41, 5.74) is 2.04. The van der Waals surface area contributed by atoms with Gasteiger partial charge in [0, 0.05) is 18.6 Å². The Morgan fingerprint density at radius 1 is 1.26 bits per heavy atom. The molecule has 1 atom stereocenters. The fourth-order valence-corrected chi connectivity index (χ4v) is 3.37. The highest BCUT2D eigenvalue weighted by molar-refractivity contribution is 9.10. The molecule has 0 aliphatic carbocycles. The summed E-state index contributed by atoms with van der Waals surface area (Å²) >= 11 is 9.28. The van der Waals surface area contributed by atoms with Gasteiger partial charge < -0.3 is 15.0 Å². The molecule has 0 saturated carbocycles. The topological polar surface area (TPSA) is 58.6 Å². The van der Waals surface area contributed by atoms with Gasteiger partial charge >= 0.3 is 0 Å². The Kier molecular flexibility index (Phi) is 7.68. The zero-order valence-corrected chi connectivity index (χ0v) is 17.8. The van der Waals surface area contributed by atoms with E-state index in [4.69, 9.17) is 16.3 Å². The fourth-order valence-electron chi connectivity index (χ4n) is 2.58. The molecule has 0 saturated heterocycles. The summed E-state index contributed by atoms with van der Waals surface area (Å²) in [6.07, 6.45) is 0. The number of ether oxygens (including phenoxy) is 1. The minimum Gasteiger partial charge on any atom is -0.483 e. The molecule has 27 heavy (non-hydrogen) atoms. The number of hydrogen-bond acceptors (Lipinski definition) is 3. The summed E-state index contributed by atoms with van der Waals surface area (Å²) in [6.45, 7) is 3.82. The maximum absolute atomic E-state index is 12.9. The quantitative estimate of drug-likeness (QED) is 0.690. The Balaban J connectivity index is 2.17. The van der Waals surface area contributed by atoms with Crippen molar-refractivity contribution in [2.24, 2.45) is 0 Å². The van der Waals surface area contributed by atoms with Gasteiger partial charge in [0.1, 0.15) is 11.8 Å². The van der Waals surface area contributed by atoms with E-state index in [0.29, 0.717) is 21.8 Å². The molecule has 144 valence electrons. The molecule has 1 N–H and O–H groups in total. The van der Waals surface area contributed by atoms with Crippen molar-refractivity contribution < 1.29 is 14.3 Å². The molecule has 0 unspecified atom stereocenters. The molecule has 7 heteroatoms. The van der Waals surface area contributed by atoms with Crippen molar-refractivity contribution in [2.45, 2.75) is 26.4 Å². The first-order chi connectivity index (χ1) is 12.8. The lowest BCUT2D eigenvalue weighted by atomic mass is 10.1. The van der Waals surface area contributed by atoms with Crippen molar-refractivity contribution in [3.63, 3.8) is 0 Å². The summed E-state index contributed by atoms with van der Waals surface area (Å²) < 4.78 is 6.30. The number of amides is 2. The molecule has 0 heterocycles. The molecule has 0 fully saturated rings. The van der Waals surface area contributed by atoms with E-state index in [1.807, 2.05) is 31.2 Å². The molecule has 0 spiro atoms. The first-order valence-electron chi connectivity index (χ1n) is 8.47. The van der Waals surface area contributed by atoms with Crippen LogP contribution in [0.4, 0.5) is 0 Å². The molecule has 5 nitrogen and oxygen atoms in total. The number of aryl methyl sites for hydroxylation is 1. The van der Waals surface area contributed by atoms with Gasteiger partial charge in [-0.3, -0.25) is 9.59 Å². The number of nitrogens with zero attached hydrogens (tertiary/aromatic N) is 1. The van der Waals surface area contributed by atoms with Crippen molar-refractivity contribution in [1.29, 1.82) is 0 Å². The van der Waals surface area contributed by atoms with E-state index in [1.54, 1.807) is 32.2 Å². The van der Waals surface area contributed by atoms with Gasteiger partial charge in [0.15, 0.2) is 6.61 Å². The predicted molar refractivity (Wildman–Crippen MR) is 110 cm³/mol. The number of carbonyl (C=O) groups excluding carboxylic acids is 2. The van der Waals surface area contributed by atoms with Crippen LogP contribution in [0.15, 0.2) is 46.9 Å². The Morgan fingerprint density at radius 2 is 1.96 bits per heavy atom. The van der Waals surface area contributed by atoms with Crippen LogP contribution in [0.1, 0.15) is 18.1 Å². The monoisotopic (exact) mass is 452 g/mol. The Bertz CT molecular complexity index is 829. The van der Waals surface area contributed by atoms with E-state index in [9.17, 15) is 9.59 Å². The van der Waals surface area contributed by atoms with Gasteiger partial charge in [0.25, 0.3) is 5.91 Å². The number of hydrogen-bond donors (Lipinski definition) is 1. The zero-order chi connectivity index (χ0) is 20.0. The van der Waals surface area contributed by atoms with Gasteiger partial charge in [0.2, 0.25) is 5.91 Å². The molecule has 0 bridgehead atoms. The van der Waals surface area contributed by atoms with Crippen LogP contribution in [0, 0.1) is 6.92 Å². The summed E-state index contributed by atoms with van der Waals surface area (Å²) in [7, 11) is 1.55. The van der Waals surface area contributed by atoms with Crippen molar-refractivity contribution >= 4 is 39.3 Å². The van der Waals surface area contributed by atoms with Crippen LogP contribution >= 0.6 is 27.5 Å². The Labute approximate surface area is 172 Å². The highest BCUT2D eigenvalue weighted by Gasteiger charge is 2.26. The molecular formula is C20H22BrClN2O3. The molecule has 2 aromatic rings. The maximum atomic E-state index is 12.9. The first-order valence-corrected chi connectivity index (χ1v) is 9.64. The average molecular weight is 454 g/mol. The third-order valence-electron chi connectivity index (χ3n) is 4.26. The van der Waals surface area contributed by atoms with Gasteiger partial charge in [-0.2, -0.15) is 0 Å². The third-order valence-corrected chi connectivity index (χ3v) is 5.12. The van der Waals surface area contributed by atoms with Crippen LogP contribution in [0.25, 0.3) is 0 Å². The minimum atomic E-state index is -0.626. The van der Waals surface area contributed by atoms with Gasteiger partial charge in [0.05, 0.1) is 4.47 Å². The number of rotatable bonds is 7. The molecule has 2 amide bonds. The minimum absolute atomic E-state index is 0.187. The highest BCUT2D eigenvalue weighted by atomic mass is 79.9. The number of carbonyl (C=O) groups is 2. The van der Waals surface area contributed by atoms with Gasteiger partial charge in [-0.25, -0.2) is 0 Å². The molecule has 2 rings (SSSR count). The summed E-state index contributed by atoms with van der Waals surface area (Å²) in [6, 6.07) is 12.2. The van der Waals surface area contributed by atoms with Crippen LogP contribution in [-0.2, 0) is 16.1 Å². The van der Waals surface area contributed by atoms with E-state index in [1.165, 1.54) is 4.90 Å². The standard InChI is InChI=1S/C20H22BrClN2O3/c1-13-6-4-5-7-15(13)11-24(14(2)20(26)23-3)19(25)12-27-18-9-8-16(22)10-17(18)21/h4-10,14H,11-12H2,1-3H3,(H,23,26)/t14-/m1/s1. The van der Waals surface area contributed by atoms with Crippen LogP contribution in [-0.4, -0.2) is 36.4 Å². The highest BCUT2D eigenvalue weighted by Crippen LogP contribution is 2.28. The van der Waals surface area contributed by atoms with Crippen LogP contribution < -0.4 is 10.1 Å². The van der Waals surface area contributed by atoms with Gasteiger partial charge in [-0.05, 0) is 59.1 Å². The summed E-state index contributed by atoms with van der Waals surface area (Å²) in [5, 5.41) is 3.16. The van der Waals surface area contributed by atoms with Gasteiger partial charge in [-0.15, -0.1) is 0 Å². The number of likely N-dealkylation sites (N-methyl/N-ethyl adjacent to an activating group) is 1. The van der Waals surface area contributed by atoms with E-state index >= 15 is 0 Å². The molecule has 0 aliphatic rings. The summed E-state index contributed by atoms with van der Waals surface area (Å²) in [4.78, 5) is 26.5. The third kappa shape index (κ3) is 5.71. The average Bonchev–Trinajstić information content (AvgIpc) is 2.65. The van der Waals surface area contributed by atoms with Crippen molar-refractivity contribution in [3.8, 4) is 5.75 Å². The molecule has 0 radical (unpaired) electrons. The van der Waals surface area contributed by atoms with Crippen LogP contribution in [0.3, 0.4) is 0 Å². The predicted octanol–water partition coefficient (Wildman–Crippen LogP) is 3.95. The fraction of sp³-hybridized carbons (Fsp3) is 0.300. The van der Waals surface area contributed by atoms with Gasteiger partial charge in [-0.1, -0.05) is 35.9 Å². The van der Waals surface area contributed by atoms with Crippen LogP contribution in [0.5, 0.6) is 5.75 Å². The van der Waals surface area contributed by atoms with Crippen molar-refractivity contribution in [1.82, 2.24) is 10.2 Å². The van der Waals surface area contributed by atoms with E-state index in [0.717, 1.165) is 11.1 Å². The first kappa shape index (κ1) is 21.3. The van der Waals surface area contributed by atoms with E-state index < -0.39 is 6.04 Å². The second-order valence-electron chi connectivity index (χ2n) is 6.10. The number of benzene rings is 2. The van der Waals surface area contributed by atoms with E-state index in [2.05, 4.69) is 21.2 Å². The molecule has 0 aliphatic heterocycles. The largest absolute Gasteiger partial charge is 0.483 e. The maximum Gasteiger partial charge on any atom is 0.261 e. The van der Waals surface area contributed by atoms with E-state index in [-0.39, 0.29) is 18.4 Å². The summed E-state index contributed by atoms with van der Waals surface area (Å²) in [5.74, 6) is -0.00278. The molecular weight excluding hydrogens is 432 g/mol. The SMILES string of the molecule is CNC(=O)[C@@H](C)N(Cc1ccccc1C)C(=O)COc1ccc(Cl)cc1Br. The molecule has 2 aromatic carbocycles. The smallest absolute Gasteiger partial charge is 0.261 e. The van der Waals surface area contributed by atoms with Crippen molar-refractivity contribution in [3.05, 3.63) is 63.1 Å². The lowest BCUT2D eigenvalue weighted by molar-refractivity contribution is -0.142. The van der Waals surface area contributed by atoms with Crippen molar-refractivity contribution in [2.75, 3.05) is 13.7 Å². The molecule has 0 aromatic heterocycles. The van der Waals surface area contributed by atoms with Crippen LogP contribution in [0.2, 0.25) is 5.02 Å². The lowest BCUT2D eigenvalue weighted by Crippen LogP contribution is -2.48. The number of halogens is 2.